The molecule has 0 saturated carbocycles. The molecule has 3 aromatic carbocycles. The van der Waals surface area contributed by atoms with Crippen LogP contribution in [0.5, 0.6) is 11.5 Å². The molecule has 0 amide bonds. The van der Waals surface area contributed by atoms with E-state index in [2.05, 4.69) is 4.72 Å². The molecule has 0 heterocycles. The van der Waals surface area contributed by atoms with Crippen LogP contribution < -0.4 is 9.46 Å². The van der Waals surface area contributed by atoms with Gasteiger partial charge in [-0.25, -0.2) is 21.6 Å². The van der Waals surface area contributed by atoms with E-state index in [-0.39, 0.29) is 28.3 Å². The van der Waals surface area contributed by atoms with Crippen LogP contribution in [0, 0.1) is 31.3 Å². The van der Waals surface area contributed by atoms with Crippen molar-refractivity contribution in [3.8, 4) is 11.5 Å². The van der Waals surface area contributed by atoms with Crippen molar-refractivity contribution in [2.75, 3.05) is 4.72 Å². The molecule has 3 rings (SSSR count). The van der Waals surface area contributed by atoms with Gasteiger partial charge in [0.1, 0.15) is 0 Å². The second-order valence-corrected chi connectivity index (χ2v) is 8.57. The molecular weight excluding hydrogens is 460 g/mol. The molecule has 0 aliphatic carbocycles. The third-order valence-corrected chi connectivity index (χ3v) is 5.77. The topological polar surface area (TPSA) is 55.4 Å². The molecule has 0 unspecified atom stereocenters. The highest BCUT2D eigenvalue weighted by Crippen LogP contribution is 2.37. The van der Waals surface area contributed by atoms with Gasteiger partial charge in [0.05, 0.1) is 16.1 Å². The van der Waals surface area contributed by atoms with E-state index in [1.807, 2.05) is 0 Å². The lowest BCUT2D eigenvalue weighted by atomic mass is 10.1. The number of ether oxygens (including phenoxy) is 1. The molecule has 0 atom stereocenters. The Balaban J connectivity index is 1.97. The largest absolute Gasteiger partial charge is 0.448 e. The lowest BCUT2D eigenvalue weighted by Crippen LogP contribution is -2.14. The second-order valence-electron chi connectivity index (χ2n) is 6.88. The van der Waals surface area contributed by atoms with Crippen LogP contribution in [0.15, 0.2) is 53.4 Å². The fourth-order valence-electron chi connectivity index (χ4n) is 2.69. The Morgan fingerprint density at radius 1 is 0.844 bits per heavy atom. The fraction of sp³-hybridized carbons (Fsp3) is 0.143. The van der Waals surface area contributed by atoms with E-state index in [0.717, 1.165) is 17.7 Å². The molecule has 1 N–H and O–H groups in total. The van der Waals surface area contributed by atoms with Crippen molar-refractivity contribution in [3.05, 3.63) is 82.7 Å². The average molecular weight is 475 g/mol. The quantitative estimate of drug-likeness (QED) is 0.439. The molecule has 11 heteroatoms. The Labute approximate surface area is 179 Å². The zero-order valence-corrected chi connectivity index (χ0v) is 17.3. The van der Waals surface area contributed by atoms with E-state index in [0.29, 0.717) is 0 Å². The lowest BCUT2D eigenvalue weighted by Gasteiger charge is -2.15. The van der Waals surface area contributed by atoms with Crippen molar-refractivity contribution in [2.45, 2.75) is 24.9 Å². The van der Waals surface area contributed by atoms with Crippen molar-refractivity contribution in [1.82, 2.24) is 0 Å². The van der Waals surface area contributed by atoms with Gasteiger partial charge in [-0.05, 0) is 49.7 Å². The number of halogens is 6. The monoisotopic (exact) mass is 475 g/mol. The van der Waals surface area contributed by atoms with Crippen LogP contribution >= 0.6 is 0 Å². The van der Waals surface area contributed by atoms with Crippen LogP contribution in [0.1, 0.15) is 16.7 Å². The van der Waals surface area contributed by atoms with Gasteiger partial charge in [0.2, 0.25) is 0 Å². The molecule has 0 fully saturated rings. The highest BCUT2D eigenvalue weighted by Gasteiger charge is 2.33. The van der Waals surface area contributed by atoms with Gasteiger partial charge in [-0.1, -0.05) is 17.7 Å². The standard InChI is InChI=1S/C21H15F6NO3S/c1-11-3-5-14(6-4-11)32(29,30)28-18-10-19(15(22)7-12(18)2)31-20-16(23)8-13(9-17(20)24)21(25,26)27/h3-10,28H,1-2H3. The Bertz CT molecular complexity index is 1250. The van der Waals surface area contributed by atoms with Gasteiger partial charge < -0.3 is 4.74 Å². The molecule has 0 aliphatic heterocycles. The number of nitrogens with one attached hydrogen (secondary N) is 1. The lowest BCUT2D eigenvalue weighted by molar-refractivity contribution is -0.138. The van der Waals surface area contributed by atoms with Gasteiger partial charge >= 0.3 is 6.18 Å². The van der Waals surface area contributed by atoms with Crippen LogP contribution in [0.2, 0.25) is 0 Å². The Hall–Kier alpha value is -3.21. The summed E-state index contributed by atoms with van der Waals surface area (Å²) in [5.41, 5.74) is -0.803. The maximum absolute atomic E-state index is 14.3. The maximum atomic E-state index is 14.3. The van der Waals surface area contributed by atoms with Gasteiger partial charge in [-0.15, -0.1) is 0 Å². The summed E-state index contributed by atoms with van der Waals surface area (Å²) in [6.07, 6.45) is -5.00. The predicted molar refractivity (Wildman–Crippen MR) is 105 cm³/mol. The molecular formula is C21H15F6NO3S. The fourth-order valence-corrected chi connectivity index (χ4v) is 3.81. The number of alkyl halides is 3. The smallest absolute Gasteiger partial charge is 0.416 e. The minimum absolute atomic E-state index is 0.00548. The van der Waals surface area contributed by atoms with Crippen LogP contribution in [0.4, 0.5) is 32.0 Å². The maximum Gasteiger partial charge on any atom is 0.416 e. The number of aryl methyl sites for hydroxylation is 2. The molecule has 0 radical (unpaired) electrons. The molecule has 0 aliphatic rings. The third kappa shape index (κ3) is 4.98. The molecule has 4 nitrogen and oxygen atoms in total. The summed E-state index contributed by atoms with van der Waals surface area (Å²) in [6, 6.07) is 7.53. The second kappa shape index (κ2) is 8.38. The summed E-state index contributed by atoms with van der Waals surface area (Å²) in [7, 11) is -4.09. The van der Waals surface area contributed by atoms with Gasteiger partial charge in [-0.2, -0.15) is 13.2 Å². The van der Waals surface area contributed by atoms with E-state index in [1.165, 1.54) is 19.1 Å². The number of hydrogen-bond donors (Lipinski definition) is 1. The molecule has 170 valence electrons. The first kappa shape index (κ1) is 23.5. The summed E-state index contributed by atoms with van der Waals surface area (Å²) in [5.74, 6) is -6.60. The molecule has 0 aromatic heterocycles. The number of rotatable bonds is 5. The van der Waals surface area contributed by atoms with Gasteiger partial charge in [0.25, 0.3) is 10.0 Å². The summed E-state index contributed by atoms with van der Waals surface area (Å²) in [5, 5.41) is 0. The Kier molecular flexibility index (Phi) is 6.14. The molecule has 0 spiro atoms. The minimum atomic E-state index is -5.00. The van der Waals surface area contributed by atoms with Crippen molar-refractivity contribution in [1.29, 1.82) is 0 Å². The highest BCUT2D eigenvalue weighted by molar-refractivity contribution is 7.92. The van der Waals surface area contributed by atoms with E-state index >= 15 is 0 Å². The Morgan fingerprint density at radius 2 is 1.41 bits per heavy atom. The summed E-state index contributed by atoms with van der Waals surface area (Å²) < 4.78 is 113. The van der Waals surface area contributed by atoms with Gasteiger partial charge in [0, 0.05) is 6.07 Å². The van der Waals surface area contributed by atoms with E-state index in [4.69, 9.17) is 4.74 Å². The minimum Gasteiger partial charge on any atom is -0.448 e. The summed E-state index contributed by atoms with van der Waals surface area (Å²) in [4.78, 5) is -0.0888. The first-order valence-corrected chi connectivity index (χ1v) is 10.4. The van der Waals surface area contributed by atoms with Crippen LogP contribution in [0.25, 0.3) is 0 Å². The predicted octanol–water partition coefficient (Wildman–Crippen LogP) is 6.33. The van der Waals surface area contributed by atoms with Crippen LogP contribution in [0.3, 0.4) is 0 Å². The van der Waals surface area contributed by atoms with Crippen LogP contribution in [-0.4, -0.2) is 8.42 Å². The van der Waals surface area contributed by atoms with Crippen LogP contribution in [-0.2, 0) is 16.2 Å². The molecule has 0 saturated heterocycles. The van der Waals surface area contributed by atoms with Crippen molar-refractivity contribution in [2.24, 2.45) is 0 Å². The average Bonchev–Trinajstić information content (AvgIpc) is 2.67. The first-order chi connectivity index (χ1) is 14.8. The first-order valence-electron chi connectivity index (χ1n) is 8.91. The van der Waals surface area contributed by atoms with E-state index in [1.54, 1.807) is 19.1 Å². The number of sulfonamides is 1. The van der Waals surface area contributed by atoms with E-state index < -0.39 is 50.7 Å². The summed E-state index contributed by atoms with van der Waals surface area (Å²) >= 11 is 0. The molecule has 32 heavy (non-hydrogen) atoms. The van der Waals surface area contributed by atoms with Gasteiger partial charge in [0.15, 0.2) is 29.0 Å². The zero-order chi connectivity index (χ0) is 23.8. The van der Waals surface area contributed by atoms with Crippen molar-refractivity contribution in [3.63, 3.8) is 0 Å². The molecule has 0 bridgehead atoms. The molecule has 3 aromatic rings. The summed E-state index contributed by atoms with van der Waals surface area (Å²) in [6.45, 7) is 3.14. The zero-order valence-electron chi connectivity index (χ0n) is 16.5. The highest BCUT2D eigenvalue weighted by atomic mass is 32.2. The number of anilines is 1. The van der Waals surface area contributed by atoms with Crippen molar-refractivity contribution < 1.29 is 39.5 Å². The van der Waals surface area contributed by atoms with E-state index in [9.17, 15) is 34.8 Å². The number of hydrogen-bond acceptors (Lipinski definition) is 3. The van der Waals surface area contributed by atoms with Crippen molar-refractivity contribution >= 4 is 15.7 Å². The SMILES string of the molecule is Cc1ccc(S(=O)(=O)Nc2cc(Oc3c(F)cc(C(F)(F)F)cc3F)c(F)cc2C)cc1. The van der Waals surface area contributed by atoms with Gasteiger partial charge in [-0.3, -0.25) is 4.72 Å². The number of benzene rings is 3. The Morgan fingerprint density at radius 3 is 1.94 bits per heavy atom. The normalized spacial score (nSPS) is 12.0. The third-order valence-electron chi connectivity index (χ3n) is 4.39.